The van der Waals surface area contributed by atoms with Crippen molar-refractivity contribution in [2.24, 2.45) is 0 Å². The molecule has 5 heterocycles. The van der Waals surface area contributed by atoms with Gasteiger partial charge in [-0.15, -0.1) is 0 Å². The molecule has 630 valence electrons. The van der Waals surface area contributed by atoms with Gasteiger partial charge in [0, 0.05) is 204 Å². The number of hydrogen-bond donors (Lipinski definition) is 6. The van der Waals surface area contributed by atoms with Gasteiger partial charge in [-0.1, -0.05) is 73.9 Å². The van der Waals surface area contributed by atoms with Crippen LogP contribution in [-0.4, -0.2) is 283 Å². The number of nitrogens with two attached hydrogens (primary N) is 1. The molecule has 7 N–H and O–H groups in total. The third-order valence-electron chi connectivity index (χ3n) is 16.9. The monoisotopic (exact) mass is 1760 g/mol. The summed E-state index contributed by atoms with van der Waals surface area (Å²) >= 11 is 33.1. The molecule has 5 aliphatic heterocycles. The number of benzene rings is 5. The average Bonchev–Trinajstić information content (AvgIpc) is 0.808. The number of hydrogen-bond acceptors (Lipinski definition) is 29. The van der Waals surface area contributed by atoms with E-state index in [-0.39, 0.29) is 93.4 Å². The molecule has 5 saturated heterocycles. The lowest BCUT2D eigenvalue weighted by molar-refractivity contribution is -0.385. The minimum absolute atomic E-state index is 0.110. The molecule has 5 aromatic carbocycles. The Balaban J connectivity index is 0.000000286. The molecule has 0 unspecified atom stereocenters. The van der Waals surface area contributed by atoms with Crippen LogP contribution < -0.4 is 59.7 Å². The van der Waals surface area contributed by atoms with Crippen molar-refractivity contribution in [2.75, 3.05) is 230 Å². The standard InChI is InChI=1S/C16H22ClN3O5.C13H18ClN3O4.C13H20ClN3O2.C11H14ClN3O3.C9H18N2O2.C7H5ClFNO3.C2H5BrO/c1-16(2,3)25-15(21)19-7-5-18(6-8-19)12-10-14(24-4)13(20(22)23)9-11(12)17;1-21-13-9-11(10(14)8-12(13)17(19)20)16-4-2-15(3-5-16)6-7-18;1-19-13-9-12(10(14)8-11(13)15)17-4-2-16(3-5-17)6-7-18;1-18-11-7-9(14-4-2-13-3-5-14)8(12)6-10(11)15(16)17;1-9(2,3)13-8(12)11-6-4-10-5-7-11;1-13-7-3-5(9)4(8)2-6(7)10(11)12;3-1-2-4/h9-10H,5-8H2,1-4H3;8-9,18H,2-7H2,1H3;8-9,18H,2-7,15H2,1H3;6-7,13H,2-5H2,1H3;10H,4-7H2,1-3H3;2-3H,1H3;4H,1-2H2. The van der Waals surface area contributed by atoms with Gasteiger partial charge in [0.2, 0.25) is 0 Å². The minimum atomic E-state index is -0.746. The number of alkyl halides is 1. The van der Waals surface area contributed by atoms with Gasteiger partial charge in [-0.05, 0) is 47.6 Å². The van der Waals surface area contributed by atoms with E-state index >= 15 is 0 Å². The van der Waals surface area contributed by atoms with Crippen LogP contribution in [0, 0.1) is 46.3 Å². The summed E-state index contributed by atoms with van der Waals surface area (Å²) in [5.41, 5.74) is 7.80. The van der Waals surface area contributed by atoms with Gasteiger partial charge in [0.05, 0.1) is 129 Å². The maximum atomic E-state index is 12.8. The summed E-state index contributed by atoms with van der Waals surface area (Å²) in [4.78, 5) is 80.8. The highest BCUT2D eigenvalue weighted by molar-refractivity contribution is 9.09. The Hall–Kier alpha value is -8.18. The lowest BCUT2D eigenvalue weighted by Gasteiger charge is -2.37. The molecule has 0 atom stereocenters. The van der Waals surface area contributed by atoms with E-state index in [1.165, 1.54) is 46.6 Å². The highest BCUT2D eigenvalue weighted by Crippen LogP contribution is 2.42. The summed E-state index contributed by atoms with van der Waals surface area (Å²) in [5, 5.41) is 77.4. The largest absolute Gasteiger partial charge is 0.495 e. The number of ether oxygens (including phenoxy) is 7. The number of carbonyl (C=O) groups is 2. The number of amides is 2. The van der Waals surface area contributed by atoms with Gasteiger partial charge in [-0.2, -0.15) is 0 Å². The summed E-state index contributed by atoms with van der Waals surface area (Å²) in [6, 6.07) is 14.2. The molecule has 35 nitrogen and oxygen atoms in total. The molecule has 5 aliphatic rings. The number of halogens is 7. The summed E-state index contributed by atoms with van der Waals surface area (Å²) < 4.78 is 48.4. The zero-order valence-electron chi connectivity index (χ0n) is 65.0. The number of nitrogen functional groups attached to an aromatic ring is 1. The van der Waals surface area contributed by atoms with Crippen LogP contribution in [0.25, 0.3) is 0 Å². The van der Waals surface area contributed by atoms with E-state index in [0.717, 1.165) is 140 Å². The zero-order chi connectivity index (χ0) is 84.4. The second-order valence-corrected chi connectivity index (χ2v) is 29.7. The number of nitrogens with zero attached hydrogens (tertiary/aromatic N) is 12. The third-order valence-corrected chi connectivity index (χ3v) is 18.7. The summed E-state index contributed by atoms with van der Waals surface area (Å²) in [7, 11) is 7.01. The van der Waals surface area contributed by atoms with Gasteiger partial charge in [-0.25, -0.2) is 14.0 Å². The molecule has 0 bridgehead atoms. The molecule has 10 rings (SSSR count). The number of β-amino-alcohol motifs (C(OH)–C–C–N with tert-alkyl or cyclic N) is 2. The molecule has 0 spiro atoms. The van der Waals surface area contributed by atoms with E-state index in [1.807, 2.05) is 52.5 Å². The molecule has 113 heavy (non-hydrogen) atoms. The van der Waals surface area contributed by atoms with Gasteiger partial charge in [0.1, 0.15) is 22.8 Å². The number of nitro groups is 4. The van der Waals surface area contributed by atoms with Crippen molar-refractivity contribution in [3.63, 3.8) is 0 Å². The first-order chi connectivity index (χ1) is 53.4. The molecular formula is C71H102BrCl5FN15O20. The van der Waals surface area contributed by atoms with Crippen LogP contribution in [0.2, 0.25) is 25.1 Å². The summed E-state index contributed by atoms with van der Waals surface area (Å²) in [5.74, 6) is 0.349. The van der Waals surface area contributed by atoms with Crippen LogP contribution in [0.5, 0.6) is 28.7 Å². The van der Waals surface area contributed by atoms with Gasteiger partial charge < -0.3 is 94.2 Å². The number of methoxy groups -OCH3 is 5. The normalized spacial score (nSPS) is 15.1. The van der Waals surface area contributed by atoms with Crippen molar-refractivity contribution in [1.82, 2.24) is 30.2 Å². The first-order valence-corrected chi connectivity index (χ1v) is 38.5. The molecule has 42 heteroatoms. The van der Waals surface area contributed by atoms with E-state index in [1.54, 1.807) is 41.2 Å². The van der Waals surface area contributed by atoms with Crippen molar-refractivity contribution < 1.29 is 82.2 Å². The Morgan fingerprint density at radius 2 is 0.699 bits per heavy atom. The van der Waals surface area contributed by atoms with E-state index in [2.05, 4.69) is 55.8 Å². The minimum Gasteiger partial charge on any atom is -0.495 e. The highest BCUT2D eigenvalue weighted by atomic mass is 79.9. The van der Waals surface area contributed by atoms with E-state index in [4.69, 9.17) is 107 Å². The second-order valence-electron chi connectivity index (χ2n) is 26.9. The number of carbonyl (C=O) groups excluding carboxylic acids is 2. The Morgan fingerprint density at radius 1 is 0.434 bits per heavy atom. The lowest BCUT2D eigenvalue weighted by atomic mass is 10.2. The molecule has 5 aromatic rings. The van der Waals surface area contributed by atoms with E-state index < -0.39 is 31.1 Å². The van der Waals surface area contributed by atoms with Crippen molar-refractivity contribution in [2.45, 2.75) is 52.7 Å². The van der Waals surface area contributed by atoms with Crippen LogP contribution in [-0.2, 0) is 9.47 Å². The lowest BCUT2D eigenvalue weighted by Crippen LogP contribution is -2.50. The maximum absolute atomic E-state index is 12.8. The van der Waals surface area contributed by atoms with Crippen LogP contribution >= 0.6 is 73.9 Å². The predicted molar refractivity (Wildman–Crippen MR) is 439 cm³/mol. The Bertz CT molecular complexity index is 3900. The topological polar surface area (TPSA) is 408 Å². The molecule has 2 amide bonds. The summed E-state index contributed by atoms with van der Waals surface area (Å²) in [6.45, 7) is 28.5. The van der Waals surface area contributed by atoms with Gasteiger partial charge in [0.25, 0.3) is 0 Å². The Labute approximate surface area is 689 Å². The molecule has 0 saturated carbocycles. The molecule has 0 aromatic heterocycles. The smallest absolute Gasteiger partial charge is 0.410 e. The average molecular weight is 1760 g/mol. The molecule has 0 radical (unpaired) electrons. The maximum Gasteiger partial charge on any atom is 0.410 e. The van der Waals surface area contributed by atoms with Gasteiger partial charge in [-0.3, -0.25) is 50.3 Å². The van der Waals surface area contributed by atoms with E-state index in [9.17, 15) is 54.4 Å². The van der Waals surface area contributed by atoms with Crippen molar-refractivity contribution in [3.8, 4) is 28.7 Å². The Morgan fingerprint density at radius 3 is 0.991 bits per heavy atom. The van der Waals surface area contributed by atoms with Crippen molar-refractivity contribution in [3.05, 3.63) is 132 Å². The number of aliphatic hydroxyl groups is 3. The van der Waals surface area contributed by atoms with Gasteiger partial charge >= 0.3 is 34.9 Å². The quantitative estimate of drug-likeness (QED) is 0.0205. The second kappa shape index (κ2) is 48.3. The fraction of sp³-hybridized carbons (Fsp3) is 0.549. The highest BCUT2D eigenvalue weighted by Gasteiger charge is 2.31. The molecule has 0 aliphatic carbocycles. The SMILES string of the molecule is CC(C)(C)OC(=O)N1CCNCC1.COc1cc(F)c(Cl)cc1[N+](=O)[O-].COc1cc(N2CCN(C(=O)OC(C)(C)C)CC2)c(Cl)cc1[N+](=O)[O-].COc1cc(N2CCN(CCO)CC2)c(Cl)cc1N.COc1cc(N2CCN(CCO)CC2)c(Cl)cc1[N+](=O)[O-].COc1cc(N2CCNCC2)c(Cl)cc1[N+](=O)[O-].OCCBr. The number of nitrogens with one attached hydrogen (secondary N) is 2. The van der Waals surface area contributed by atoms with Crippen molar-refractivity contribution >= 4 is 137 Å². The third kappa shape index (κ3) is 31.5. The number of rotatable bonds is 18. The number of anilines is 5. The fourth-order valence-electron chi connectivity index (χ4n) is 11.3. The Kier molecular flexibility index (Phi) is 41.5. The van der Waals surface area contributed by atoms with Crippen LogP contribution in [0.15, 0.2) is 60.7 Å². The summed E-state index contributed by atoms with van der Waals surface area (Å²) in [6.07, 6.45) is -0.548. The predicted octanol–water partition coefficient (Wildman–Crippen LogP) is 11.0. The number of piperazine rings is 5. The fourth-order valence-corrected chi connectivity index (χ4v) is 12.6. The number of nitro benzene ring substituents is 4. The van der Waals surface area contributed by atoms with Crippen LogP contribution in [0.1, 0.15) is 41.5 Å². The molecule has 5 fully saturated rings. The zero-order valence-corrected chi connectivity index (χ0v) is 70.4. The first-order valence-electron chi connectivity index (χ1n) is 35.5. The van der Waals surface area contributed by atoms with Crippen LogP contribution in [0.3, 0.4) is 0 Å². The van der Waals surface area contributed by atoms with Crippen molar-refractivity contribution in [1.29, 1.82) is 0 Å². The van der Waals surface area contributed by atoms with Gasteiger partial charge in [0.15, 0.2) is 23.0 Å². The van der Waals surface area contributed by atoms with Crippen LogP contribution in [0.4, 0.5) is 65.2 Å². The van der Waals surface area contributed by atoms with E-state index in [0.29, 0.717) is 70.2 Å². The molecular weight excluding hydrogens is 1660 g/mol. The number of aliphatic hydroxyl groups excluding tert-OH is 3. The first kappa shape index (κ1) is 97.2.